The average Bonchev–Trinajstić information content (AvgIpc) is 2.45. The van der Waals surface area contributed by atoms with Gasteiger partial charge in [-0.1, -0.05) is 12.1 Å². The first-order valence-corrected chi connectivity index (χ1v) is 7.66. The zero-order valence-electron chi connectivity index (χ0n) is 12.6. The van der Waals surface area contributed by atoms with Crippen molar-refractivity contribution in [1.29, 1.82) is 0 Å². The third kappa shape index (κ3) is 6.57. The molecule has 1 rings (SSSR count). The number of alkyl halides is 1. The highest BCUT2D eigenvalue weighted by Crippen LogP contribution is 2.13. The molecule has 0 bridgehead atoms. The van der Waals surface area contributed by atoms with Crippen LogP contribution in [0.5, 0.6) is 0 Å². The molecule has 5 heteroatoms. The summed E-state index contributed by atoms with van der Waals surface area (Å²) in [6, 6.07) is 8.61. The Morgan fingerprint density at radius 3 is 2.40 bits per heavy atom. The molecular formula is C15H27ClN4. The second kappa shape index (κ2) is 10.00. The predicted molar refractivity (Wildman–Crippen MR) is 88.7 cm³/mol. The predicted octanol–water partition coefficient (Wildman–Crippen LogP) is 1.34. The van der Waals surface area contributed by atoms with Crippen molar-refractivity contribution in [3.63, 3.8) is 0 Å². The van der Waals surface area contributed by atoms with Gasteiger partial charge in [0.2, 0.25) is 0 Å². The quantitative estimate of drug-likeness (QED) is 0.505. The lowest BCUT2D eigenvalue weighted by molar-refractivity contribution is 0.340. The summed E-state index contributed by atoms with van der Waals surface area (Å²) in [6.45, 7) is 5.43. The fourth-order valence-corrected chi connectivity index (χ4v) is 2.21. The van der Waals surface area contributed by atoms with Gasteiger partial charge in [-0.3, -0.25) is 0 Å². The van der Waals surface area contributed by atoms with Crippen LogP contribution in [0.25, 0.3) is 0 Å². The summed E-state index contributed by atoms with van der Waals surface area (Å²) in [5.41, 5.74) is 8.02. The molecular weight excluding hydrogens is 272 g/mol. The zero-order chi connectivity index (χ0) is 14.8. The molecule has 0 saturated carbocycles. The largest absolute Gasteiger partial charge is 0.373 e. The van der Waals surface area contributed by atoms with Crippen LogP contribution in [-0.4, -0.2) is 57.6 Å². The number of nitrogens with zero attached hydrogens (tertiary/aromatic N) is 2. The summed E-state index contributed by atoms with van der Waals surface area (Å²) in [4.78, 5) is 4.39. The molecule has 0 radical (unpaired) electrons. The summed E-state index contributed by atoms with van der Waals surface area (Å²) in [7, 11) is 4.15. The Bertz CT molecular complexity index is 355. The van der Waals surface area contributed by atoms with Crippen molar-refractivity contribution in [2.75, 3.05) is 57.6 Å². The Morgan fingerprint density at radius 2 is 1.80 bits per heavy atom. The van der Waals surface area contributed by atoms with Crippen LogP contribution in [-0.2, 0) is 6.54 Å². The number of anilines is 1. The Labute approximate surface area is 127 Å². The lowest BCUT2D eigenvalue weighted by Gasteiger charge is -2.18. The van der Waals surface area contributed by atoms with Crippen molar-refractivity contribution in [3.05, 3.63) is 29.8 Å². The topological polar surface area (TPSA) is 44.5 Å². The van der Waals surface area contributed by atoms with Gasteiger partial charge < -0.3 is 20.9 Å². The molecule has 4 nitrogen and oxygen atoms in total. The second-order valence-electron chi connectivity index (χ2n) is 5.05. The number of benzene rings is 1. The summed E-state index contributed by atoms with van der Waals surface area (Å²) in [6.07, 6.45) is 0. The van der Waals surface area contributed by atoms with E-state index in [1.165, 1.54) is 11.3 Å². The highest BCUT2D eigenvalue weighted by Gasteiger charge is 2.00. The first-order valence-electron chi connectivity index (χ1n) is 7.12. The van der Waals surface area contributed by atoms with Crippen molar-refractivity contribution in [2.45, 2.75) is 6.54 Å². The van der Waals surface area contributed by atoms with Gasteiger partial charge in [-0.25, -0.2) is 0 Å². The van der Waals surface area contributed by atoms with E-state index in [-0.39, 0.29) is 0 Å². The normalized spacial score (nSPS) is 11.1. The fourth-order valence-electron chi connectivity index (χ4n) is 1.96. The number of nitrogens with two attached hydrogens (primary N) is 1. The van der Waals surface area contributed by atoms with Gasteiger partial charge in [-0.05, 0) is 24.7 Å². The van der Waals surface area contributed by atoms with E-state index in [0.717, 1.165) is 32.7 Å². The van der Waals surface area contributed by atoms with Crippen molar-refractivity contribution >= 4 is 17.3 Å². The maximum absolute atomic E-state index is 5.75. The van der Waals surface area contributed by atoms with Crippen molar-refractivity contribution in [2.24, 2.45) is 5.73 Å². The maximum Gasteiger partial charge on any atom is 0.0399 e. The van der Waals surface area contributed by atoms with Crippen molar-refractivity contribution in [3.8, 4) is 0 Å². The van der Waals surface area contributed by atoms with Crippen molar-refractivity contribution in [1.82, 2.24) is 10.2 Å². The summed E-state index contributed by atoms with van der Waals surface area (Å²) in [5, 5.41) is 3.45. The number of hydrogen-bond donors (Lipinski definition) is 2. The first-order chi connectivity index (χ1) is 9.67. The van der Waals surface area contributed by atoms with Crippen molar-refractivity contribution < 1.29 is 0 Å². The molecule has 20 heavy (non-hydrogen) atoms. The molecule has 0 aliphatic carbocycles. The van der Waals surface area contributed by atoms with Gasteiger partial charge in [-0.15, -0.1) is 11.6 Å². The highest BCUT2D eigenvalue weighted by molar-refractivity contribution is 6.18. The van der Waals surface area contributed by atoms with E-state index in [2.05, 4.69) is 53.5 Å². The third-order valence-electron chi connectivity index (χ3n) is 3.31. The van der Waals surface area contributed by atoms with Gasteiger partial charge in [0.05, 0.1) is 0 Å². The zero-order valence-corrected chi connectivity index (χ0v) is 13.4. The van der Waals surface area contributed by atoms with Crippen LogP contribution in [0.2, 0.25) is 0 Å². The number of nitrogens with one attached hydrogen (secondary N) is 1. The van der Waals surface area contributed by atoms with Gasteiger partial charge in [0.25, 0.3) is 0 Å². The molecule has 0 heterocycles. The number of rotatable bonds is 10. The van der Waals surface area contributed by atoms with Gasteiger partial charge in [0.1, 0.15) is 0 Å². The van der Waals surface area contributed by atoms with Crippen LogP contribution in [0.4, 0.5) is 5.69 Å². The maximum atomic E-state index is 5.75. The molecule has 0 saturated heterocycles. The van der Waals surface area contributed by atoms with Crippen LogP contribution < -0.4 is 16.0 Å². The van der Waals surface area contributed by atoms with Gasteiger partial charge in [0, 0.05) is 57.9 Å². The van der Waals surface area contributed by atoms with E-state index in [4.69, 9.17) is 17.3 Å². The minimum Gasteiger partial charge on any atom is -0.373 e. The standard InChI is InChI=1S/C15H27ClN4/c1-19(11-8-17)12-9-18-13-14-3-5-15(6-4-14)20(2)10-7-16/h3-6,18H,7-13,17H2,1-2H3. The Balaban J connectivity index is 2.28. The second-order valence-corrected chi connectivity index (χ2v) is 5.42. The van der Waals surface area contributed by atoms with E-state index in [0.29, 0.717) is 12.4 Å². The summed E-state index contributed by atoms with van der Waals surface area (Å²) < 4.78 is 0. The fraction of sp³-hybridized carbons (Fsp3) is 0.600. The van der Waals surface area contributed by atoms with Crippen LogP contribution >= 0.6 is 11.6 Å². The molecule has 0 unspecified atom stereocenters. The van der Waals surface area contributed by atoms with Gasteiger partial charge in [0.15, 0.2) is 0 Å². The van der Waals surface area contributed by atoms with Gasteiger partial charge >= 0.3 is 0 Å². The third-order valence-corrected chi connectivity index (χ3v) is 3.48. The smallest absolute Gasteiger partial charge is 0.0399 e. The summed E-state index contributed by atoms with van der Waals surface area (Å²) >= 11 is 5.75. The Kier molecular flexibility index (Phi) is 8.62. The molecule has 0 atom stereocenters. The molecule has 0 aliphatic rings. The molecule has 1 aromatic rings. The van der Waals surface area contributed by atoms with Crippen LogP contribution in [0, 0.1) is 0 Å². The minimum absolute atomic E-state index is 0.649. The Morgan fingerprint density at radius 1 is 1.10 bits per heavy atom. The lowest BCUT2D eigenvalue weighted by Crippen LogP contribution is -2.32. The molecule has 0 amide bonds. The van der Waals surface area contributed by atoms with E-state index in [9.17, 15) is 0 Å². The Hall–Kier alpha value is -0.810. The van der Waals surface area contributed by atoms with E-state index >= 15 is 0 Å². The number of halogens is 1. The first kappa shape index (κ1) is 17.2. The molecule has 0 aliphatic heterocycles. The highest BCUT2D eigenvalue weighted by atomic mass is 35.5. The van der Waals surface area contributed by atoms with Crippen LogP contribution in [0.15, 0.2) is 24.3 Å². The molecule has 0 fully saturated rings. The van der Waals surface area contributed by atoms with Crippen LogP contribution in [0.3, 0.4) is 0 Å². The molecule has 114 valence electrons. The van der Waals surface area contributed by atoms with Crippen LogP contribution in [0.1, 0.15) is 5.56 Å². The summed E-state index contributed by atoms with van der Waals surface area (Å²) in [5.74, 6) is 0.649. The SMILES string of the molecule is CN(CCN)CCNCc1ccc(N(C)CCCl)cc1. The minimum atomic E-state index is 0.649. The number of hydrogen-bond acceptors (Lipinski definition) is 4. The molecule has 1 aromatic carbocycles. The van der Waals surface area contributed by atoms with E-state index < -0.39 is 0 Å². The van der Waals surface area contributed by atoms with E-state index in [1.807, 2.05) is 0 Å². The average molecular weight is 299 g/mol. The molecule has 0 aromatic heterocycles. The van der Waals surface area contributed by atoms with E-state index in [1.54, 1.807) is 0 Å². The molecule has 0 spiro atoms. The number of likely N-dealkylation sites (N-methyl/N-ethyl adjacent to an activating group) is 1. The monoisotopic (exact) mass is 298 g/mol. The molecule has 3 N–H and O–H groups in total. The lowest BCUT2D eigenvalue weighted by atomic mass is 10.2. The van der Waals surface area contributed by atoms with Gasteiger partial charge in [-0.2, -0.15) is 0 Å².